The molecule has 0 aliphatic carbocycles. The summed E-state index contributed by atoms with van der Waals surface area (Å²) in [4.78, 5) is 0. The molecule has 0 saturated carbocycles. The van der Waals surface area contributed by atoms with Crippen molar-refractivity contribution in [2.24, 2.45) is 5.41 Å². The van der Waals surface area contributed by atoms with E-state index in [1.54, 1.807) is 0 Å². The standard InChI is InChI=1S/C5H8O8S2/c6-14(7)10-1-5(2-11-14)3-12-15(8,9)13-4-5/h1-4H2. The smallest absolute Gasteiger partial charge is 0.247 e. The van der Waals surface area contributed by atoms with Gasteiger partial charge in [-0.2, -0.15) is 16.8 Å². The van der Waals surface area contributed by atoms with Crippen molar-refractivity contribution in [3.8, 4) is 0 Å². The summed E-state index contributed by atoms with van der Waals surface area (Å²) in [7, 11) is -7.89. The van der Waals surface area contributed by atoms with Crippen LogP contribution in [0.1, 0.15) is 0 Å². The summed E-state index contributed by atoms with van der Waals surface area (Å²) >= 11 is 0. The van der Waals surface area contributed by atoms with E-state index in [-0.39, 0.29) is 26.4 Å². The first kappa shape index (κ1) is 11.2. The molecule has 2 aliphatic heterocycles. The highest BCUT2D eigenvalue weighted by atomic mass is 32.3. The molecule has 2 rings (SSSR count). The molecule has 0 unspecified atom stereocenters. The molecule has 2 aliphatic rings. The lowest BCUT2D eigenvalue weighted by atomic mass is 9.93. The molecule has 2 fully saturated rings. The van der Waals surface area contributed by atoms with Crippen molar-refractivity contribution in [1.82, 2.24) is 0 Å². The number of hydrogen-bond acceptors (Lipinski definition) is 8. The summed E-state index contributed by atoms with van der Waals surface area (Å²) in [5, 5.41) is 0. The van der Waals surface area contributed by atoms with Gasteiger partial charge in [-0.3, -0.25) is 0 Å². The third-order valence-electron chi connectivity index (χ3n) is 2.04. The van der Waals surface area contributed by atoms with Crippen LogP contribution in [-0.4, -0.2) is 43.3 Å². The molecule has 0 amide bonds. The first-order valence-corrected chi connectivity index (χ1v) is 6.57. The molecular weight excluding hydrogens is 252 g/mol. The van der Waals surface area contributed by atoms with Crippen LogP contribution in [0.25, 0.3) is 0 Å². The van der Waals surface area contributed by atoms with E-state index in [9.17, 15) is 16.8 Å². The molecule has 15 heavy (non-hydrogen) atoms. The van der Waals surface area contributed by atoms with Gasteiger partial charge in [-0.15, -0.1) is 0 Å². The van der Waals surface area contributed by atoms with Crippen LogP contribution in [0, 0.1) is 5.41 Å². The molecular formula is C5H8O8S2. The predicted octanol–water partition coefficient (Wildman–Crippen LogP) is -1.44. The van der Waals surface area contributed by atoms with Gasteiger partial charge in [0, 0.05) is 0 Å². The third-order valence-corrected chi connectivity index (χ3v) is 3.66. The normalized spacial score (nSPS) is 32.5. The summed E-state index contributed by atoms with van der Waals surface area (Å²) in [5.74, 6) is 0. The van der Waals surface area contributed by atoms with Crippen LogP contribution in [0.5, 0.6) is 0 Å². The maximum atomic E-state index is 10.8. The molecule has 0 aromatic heterocycles. The average molecular weight is 260 g/mol. The minimum Gasteiger partial charge on any atom is -0.247 e. The van der Waals surface area contributed by atoms with Gasteiger partial charge in [0.1, 0.15) is 0 Å². The second kappa shape index (κ2) is 3.37. The lowest BCUT2D eigenvalue weighted by Crippen LogP contribution is -2.50. The number of rotatable bonds is 0. The maximum Gasteiger partial charge on any atom is 0.399 e. The molecule has 0 atom stereocenters. The summed E-state index contributed by atoms with van der Waals surface area (Å²) in [6, 6.07) is 0. The molecule has 2 saturated heterocycles. The fraction of sp³-hybridized carbons (Fsp3) is 1.00. The predicted molar refractivity (Wildman–Crippen MR) is 44.1 cm³/mol. The van der Waals surface area contributed by atoms with Crippen molar-refractivity contribution in [3.05, 3.63) is 0 Å². The average Bonchev–Trinajstić information content (AvgIpc) is 2.15. The van der Waals surface area contributed by atoms with Crippen molar-refractivity contribution in [3.63, 3.8) is 0 Å². The minimum absolute atomic E-state index is 0.217. The first-order chi connectivity index (χ1) is 6.83. The molecule has 0 aromatic rings. The zero-order chi connectivity index (χ0) is 11.2. The molecule has 2 heterocycles. The van der Waals surface area contributed by atoms with E-state index in [0.29, 0.717) is 0 Å². The van der Waals surface area contributed by atoms with E-state index in [1.165, 1.54) is 0 Å². The zero-order valence-corrected chi connectivity index (χ0v) is 9.04. The topological polar surface area (TPSA) is 105 Å². The molecule has 0 radical (unpaired) electrons. The van der Waals surface area contributed by atoms with Crippen LogP contribution in [0.2, 0.25) is 0 Å². The van der Waals surface area contributed by atoms with Gasteiger partial charge in [0.15, 0.2) is 0 Å². The van der Waals surface area contributed by atoms with Crippen LogP contribution in [0.3, 0.4) is 0 Å². The second-order valence-corrected chi connectivity index (χ2v) is 5.94. The van der Waals surface area contributed by atoms with Crippen LogP contribution >= 0.6 is 0 Å². The van der Waals surface area contributed by atoms with Crippen LogP contribution < -0.4 is 0 Å². The van der Waals surface area contributed by atoms with Gasteiger partial charge in [-0.1, -0.05) is 0 Å². The third kappa shape index (κ3) is 2.46. The van der Waals surface area contributed by atoms with Crippen molar-refractivity contribution in [2.75, 3.05) is 26.4 Å². The van der Waals surface area contributed by atoms with Gasteiger partial charge in [0.2, 0.25) is 0 Å². The van der Waals surface area contributed by atoms with E-state index in [4.69, 9.17) is 0 Å². The monoisotopic (exact) mass is 260 g/mol. The van der Waals surface area contributed by atoms with Crippen molar-refractivity contribution in [2.45, 2.75) is 0 Å². The van der Waals surface area contributed by atoms with Crippen molar-refractivity contribution < 1.29 is 33.6 Å². The van der Waals surface area contributed by atoms with Gasteiger partial charge in [-0.25, -0.2) is 16.7 Å². The molecule has 88 valence electrons. The SMILES string of the molecule is O=S1(=O)OCC2(CO1)COS(=O)(=O)OC2. The summed E-state index contributed by atoms with van der Waals surface area (Å²) in [5.41, 5.74) is -0.878. The Bertz CT molecular complexity index is 372. The Kier molecular flexibility index (Phi) is 2.52. The summed E-state index contributed by atoms with van der Waals surface area (Å²) < 4.78 is 60.7. The van der Waals surface area contributed by atoms with E-state index in [2.05, 4.69) is 16.7 Å². The van der Waals surface area contributed by atoms with Gasteiger partial charge in [-0.05, 0) is 0 Å². The van der Waals surface area contributed by atoms with Gasteiger partial charge in [0.05, 0.1) is 31.8 Å². The highest BCUT2D eigenvalue weighted by molar-refractivity contribution is 7.82. The van der Waals surface area contributed by atoms with E-state index < -0.39 is 26.2 Å². The molecule has 0 aromatic carbocycles. The van der Waals surface area contributed by atoms with E-state index in [0.717, 1.165) is 0 Å². The molecule has 0 N–H and O–H groups in total. The van der Waals surface area contributed by atoms with Crippen LogP contribution in [-0.2, 0) is 37.5 Å². The first-order valence-electron chi connectivity index (χ1n) is 3.90. The summed E-state index contributed by atoms with van der Waals surface area (Å²) in [6.07, 6.45) is 0. The lowest BCUT2D eigenvalue weighted by Gasteiger charge is -2.36. The van der Waals surface area contributed by atoms with Gasteiger partial charge >= 0.3 is 20.8 Å². The van der Waals surface area contributed by atoms with E-state index in [1.807, 2.05) is 0 Å². The maximum absolute atomic E-state index is 10.8. The van der Waals surface area contributed by atoms with Crippen LogP contribution in [0.4, 0.5) is 0 Å². The Balaban J connectivity index is 2.07. The Morgan fingerprint density at radius 2 is 0.933 bits per heavy atom. The highest BCUT2D eigenvalue weighted by Crippen LogP contribution is 2.30. The lowest BCUT2D eigenvalue weighted by molar-refractivity contribution is -0.0598. The van der Waals surface area contributed by atoms with Crippen LogP contribution in [0.15, 0.2) is 0 Å². The Morgan fingerprint density at radius 1 is 0.667 bits per heavy atom. The molecule has 0 bridgehead atoms. The Morgan fingerprint density at radius 3 is 1.20 bits per heavy atom. The van der Waals surface area contributed by atoms with E-state index >= 15 is 0 Å². The van der Waals surface area contributed by atoms with Gasteiger partial charge in [0.25, 0.3) is 0 Å². The molecule has 10 heteroatoms. The van der Waals surface area contributed by atoms with Gasteiger partial charge < -0.3 is 0 Å². The minimum atomic E-state index is -3.95. The largest absolute Gasteiger partial charge is 0.399 e. The molecule has 8 nitrogen and oxygen atoms in total. The van der Waals surface area contributed by atoms with Crippen molar-refractivity contribution >= 4 is 20.8 Å². The fourth-order valence-corrected chi connectivity index (χ4v) is 2.82. The Hall–Kier alpha value is -0.260. The number of hydrogen-bond donors (Lipinski definition) is 0. The van der Waals surface area contributed by atoms with Crippen molar-refractivity contribution in [1.29, 1.82) is 0 Å². The second-order valence-electron chi connectivity index (χ2n) is 3.37. The fourth-order valence-electron chi connectivity index (χ4n) is 1.11. The zero-order valence-electron chi connectivity index (χ0n) is 7.41. The molecule has 1 spiro atoms. The highest BCUT2D eigenvalue weighted by Gasteiger charge is 2.45. The quantitative estimate of drug-likeness (QED) is 0.521. The summed E-state index contributed by atoms with van der Waals surface area (Å²) in [6.45, 7) is -0.870. The Labute approximate surface area is 86.7 Å².